The number of aliphatic imine (C=N–C) groups is 1. The second-order valence-corrected chi connectivity index (χ2v) is 5.04. The van der Waals surface area contributed by atoms with Crippen molar-refractivity contribution >= 4 is 6.08 Å². The number of rotatable bonds is 5. The second kappa shape index (κ2) is 7.08. The SMILES string of the molecule is COc1ccc(CN=C=O)cc1OC1CCCN(C)C1. The van der Waals surface area contributed by atoms with Crippen LogP contribution >= 0.6 is 0 Å². The van der Waals surface area contributed by atoms with Gasteiger partial charge in [-0.1, -0.05) is 6.07 Å². The number of piperidine rings is 1. The molecule has 1 aliphatic rings. The Morgan fingerprint density at radius 3 is 3.00 bits per heavy atom. The van der Waals surface area contributed by atoms with Crippen LogP contribution in [0.25, 0.3) is 0 Å². The van der Waals surface area contributed by atoms with Gasteiger partial charge in [-0.3, -0.25) is 0 Å². The molecule has 1 fully saturated rings. The molecule has 1 aromatic carbocycles. The van der Waals surface area contributed by atoms with Gasteiger partial charge in [-0.05, 0) is 44.1 Å². The van der Waals surface area contributed by atoms with Gasteiger partial charge in [-0.2, -0.15) is 0 Å². The van der Waals surface area contributed by atoms with Crippen molar-refractivity contribution < 1.29 is 14.3 Å². The number of hydrogen-bond acceptors (Lipinski definition) is 5. The number of methoxy groups -OCH3 is 1. The van der Waals surface area contributed by atoms with Gasteiger partial charge in [0.2, 0.25) is 6.08 Å². The van der Waals surface area contributed by atoms with Gasteiger partial charge in [0, 0.05) is 6.54 Å². The minimum Gasteiger partial charge on any atom is -0.493 e. The Morgan fingerprint density at radius 2 is 2.30 bits per heavy atom. The van der Waals surface area contributed by atoms with Crippen LogP contribution in [0, 0.1) is 0 Å². The summed E-state index contributed by atoms with van der Waals surface area (Å²) in [6, 6.07) is 5.60. The van der Waals surface area contributed by atoms with Crippen LogP contribution in [0.3, 0.4) is 0 Å². The molecule has 1 atom stereocenters. The lowest BCUT2D eigenvalue weighted by molar-refractivity contribution is 0.101. The summed E-state index contributed by atoms with van der Waals surface area (Å²) in [5, 5.41) is 0. The lowest BCUT2D eigenvalue weighted by atomic mass is 10.1. The normalized spacial score (nSPS) is 19.2. The summed E-state index contributed by atoms with van der Waals surface area (Å²) in [5.74, 6) is 1.42. The molecule has 5 nitrogen and oxygen atoms in total. The Labute approximate surface area is 119 Å². The van der Waals surface area contributed by atoms with E-state index in [4.69, 9.17) is 9.47 Å². The zero-order valence-corrected chi connectivity index (χ0v) is 12.0. The van der Waals surface area contributed by atoms with Crippen LogP contribution in [0.15, 0.2) is 23.2 Å². The average Bonchev–Trinajstić information content (AvgIpc) is 2.45. The molecule has 0 aromatic heterocycles. The van der Waals surface area contributed by atoms with Crippen LogP contribution in [0.1, 0.15) is 18.4 Å². The topological polar surface area (TPSA) is 51.1 Å². The second-order valence-electron chi connectivity index (χ2n) is 5.04. The molecule has 20 heavy (non-hydrogen) atoms. The van der Waals surface area contributed by atoms with Crippen LogP contribution in [0.5, 0.6) is 11.5 Å². The Balaban J connectivity index is 2.12. The lowest BCUT2D eigenvalue weighted by Gasteiger charge is -2.30. The maximum absolute atomic E-state index is 10.2. The van der Waals surface area contributed by atoms with E-state index in [1.807, 2.05) is 18.2 Å². The number of ether oxygens (including phenoxy) is 2. The zero-order valence-electron chi connectivity index (χ0n) is 12.0. The maximum Gasteiger partial charge on any atom is 0.235 e. The number of isocyanates is 1. The van der Waals surface area contributed by atoms with Crippen LogP contribution in [-0.4, -0.2) is 44.3 Å². The first-order valence-corrected chi connectivity index (χ1v) is 6.78. The summed E-state index contributed by atoms with van der Waals surface area (Å²) in [6.07, 6.45) is 3.90. The molecule has 5 heteroatoms. The van der Waals surface area contributed by atoms with Crippen molar-refractivity contribution in [2.45, 2.75) is 25.5 Å². The number of hydrogen-bond donors (Lipinski definition) is 0. The Kier molecular flexibility index (Phi) is 5.16. The number of benzene rings is 1. The van der Waals surface area contributed by atoms with Gasteiger partial charge >= 0.3 is 0 Å². The molecule has 1 heterocycles. The maximum atomic E-state index is 10.2. The molecule has 1 aromatic rings. The smallest absolute Gasteiger partial charge is 0.235 e. The molecule has 0 aliphatic carbocycles. The Hall–Kier alpha value is -1.84. The standard InChI is InChI=1S/C15H20N2O3/c1-17-7-3-4-13(10-17)20-15-8-12(9-16-11-18)5-6-14(15)19-2/h5-6,8,13H,3-4,7,9-10H2,1-2H3. The quantitative estimate of drug-likeness (QED) is 0.610. The minimum absolute atomic E-state index is 0.174. The summed E-state index contributed by atoms with van der Waals surface area (Å²) in [7, 11) is 3.72. The van der Waals surface area contributed by atoms with Crippen molar-refractivity contribution in [3.05, 3.63) is 23.8 Å². The molecular weight excluding hydrogens is 256 g/mol. The van der Waals surface area contributed by atoms with E-state index in [1.54, 1.807) is 13.2 Å². The molecule has 0 N–H and O–H groups in total. The molecule has 0 radical (unpaired) electrons. The molecule has 0 bridgehead atoms. The van der Waals surface area contributed by atoms with Gasteiger partial charge in [0.05, 0.1) is 13.7 Å². The van der Waals surface area contributed by atoms with Gasteiger partial charge in [-0.25, -0.2) is 9.79 Å². The Morgan fingerprint density at radius 1 is 1.45 bits per heavy atom. The van der Waals surface area contributed by atoms with Gasteiger partial charge in [-0.15, -0.1) is 0 Å². The van der Waals surface area contributed by atoms with Gasteiger partial charge < -0.3 is 14.4 Å². The lowest BCUT2D eigenvalue weighted by Crippen LogP contribution is -2.38. The van der Waals surface area contributed by atoms with Gasteiger partial charge in [0.15, 0.2) is 11.5 Å². The van der Waals surface area contributed by atoms with Crippen molar-refractivity contribution in [1.82, 2.24) is 4.90 Å². The molecular formula is C15H20N2O3. The molecule has 108 valence electrons. The van der Waals surface area contributed by atoms with Crippen molar-refractivity contribution in [1.29, 1.82) is 0 Å². The molecule has 0 amide bonds. The van der Waals surface area contributed by atoms with E-state index in [-0.39, 0.29) is 6.10 Å². The predicted octanol–water partition coefficient (Wildman–Crippen LogP) is 2.00. The van der Waals surface area contributed by atoms with Crippen LogP contribution in [0.4, 0.5) is 0 Å². The number of likely N-dealkylation sites (N-methyl/N-ethyl adjacent to an activating group) is 1. The van der Waals surface area contributed by atoms with Crippen molar-refractivity contribution in [3.8, 4) is 11.5 Å². The third kappa shape index (κ3) is 3.83. The molecule has 1 saturated heterocycles. The minimum atomic E-state index is 0.174. The highest BCUT2D eigenvalue weighted by molar-refractivity contribution is 5.43. The highest BCUT2D eigenvalue weighted by Crippen LogP contribution is 2.30. The largest absolute Gasteiger partial charge is 0.493 e. The molecule has 1 unspecified atom stereocenters. The van der Waals surface area contributed by atoms with Crippen LogP contribution < -0.4 is 9.47 Å². The van der Waals surface area contributed by atoms with E-state index in [2.05, 4.69) is 16.9 Å². The van der Waals surface area contributed by atoms with Gasteiger partial charge in [0.1, 0.15) is 6.10 Å². The molecule has 0 spiro atoms. The third-order valence-corrected chi connectivity index (χ3v) is 3.43. The molecule has 2 rings (SSSR count). The van der Waals surface area contributed by atoms with Crippen LogP contribution in [-0.2, 0) is 11.3 Å². The fourth-order valence-corrected chi connectivity index (χ4v) is 2.43. The highest BCUT2D eigenvalue weighted by Gasteiger charge is 2.20. The average molecular weight is 276 g/mol. The van der Waals surface area contributed by atoms with E-state index in [0.717, 1.165) is 31.5 Å². The third-order valence-electron chi connectivity index (χ3n) is 3.43. The van der Waals surface area contributed by atoms with Crippen molar-refractivity contribution in [2.75, 3.05) is 27.2 Å². The summed E-state index contributed by atoms with van der Waals surface area (Å²) in [6.45, 7) is 2.35. The molecule has 0 saturated carbocycles. The summed E-state index contributed by atoms with van der Waals surface area (Å²) >= 11 is 0. The number of carbonyl (C=O) groups excluding carboxylic acids is 1. The first-order chi connectivity index (χ1) is 9.72. The number of nitrogens with zero attached hydrogens (tertiary/aromatic N) is 2. The summed E-state index contributed by atoms with van der Waals surface area (Å²) in [5.41, 5.74) is 0.910. The first kappa shape index (κ1) is 14.6. The Bertz CT molecular complexity index is 498. The first-order valence-electron chi connectivity index (χ1n) is 6.78. The van der Waals surface area contributed by atoms with E-state index < -0.39 is 0 Å². The van der Waals surface area contributed by atoms with E-state index >= 15 is 0 Å². The van der Waals surface area contributed by atoms with E-state index in [1.165, 1.54) is 0 Å². The summed E-state index contributed by atoms with van der Waals surface area (Å²) in [4.78, 5) is 16.0. The zero-order chi connectivity index (χ0) is 14.4. The fourth-order valence-electron chi connectivity index (χ4n) is 2.43. The van der Waals surface area contributed by atoms with Crippen molar-refractivity contribution in [2.24, 2.45) is 4.99 Å². The summed E-state index contributed by atoms with van der Waals surface area (Å²) < 4.78 is 11.4. The molecule has 1 aliphatic heterocycles. The van der Waals surface area contributed by atoms with Crippen molar-refractivity contribution in [3.63, 3.8) is 0 Å². The highest BCUT2D eigenvalue weighted by atomic mass is 16.5. The fraction of sp³-hybridized carbons (Fsp3) is 0.533. The monoisotopic (exact) mass is 276 g/mol. The van der Waals surface area contributed by atoms with Crippen LogP contribution in [0.2, 0.25) is 0 Å². The van der Waals surface area contributed by atoms with Gasteiger partial charge in [0.25, 0.3) is 0 Å². The predicted molar refractivity (Wildman–Crippen MR) is 76.0 cm³/mol. The number of likely N-dealkylation sites (tertiary alicyclic amines) is 1. The van der Waals surface area contributed by atoms with E-state index in [9.17, 15) is 4.79 Å². The van der Waals surface area contributed by atoms with E-state index in [0.29, 0.717) is 18.0 Å².